The van der Waals surface area contributed by atoms with Crippen LogP contribution in [0.25, 0.3) is 0 Å². The Morgan fingerprint density at radius 1 is 1.22 bits per heavy atom. The summed E-state index contributed by atoms with van der Waals surface area (Å²) >= 11 is 7.85. The molecule has 0 atom stereocenters. The van der Waals surface area contributed by atoms with Crippen molar-refractivity contribution in [1.82, 2.24) is 0 Å². The van der Waals surface area contributed by atoms with Crippen molar-refractivity contribution in [1.29, 1.82) is 0 Å². The Labute approximate surface area is 155 Å². The summed E-state index contributed by atoms with van der Waals surface area (Å²) in [5.74, 6) is 0.423. The van der Waals surface area contributed by atoms with E-state index < -0.39 is 0 Å². The molecule has 0 aromatic heterocycles. The van der Waals surface area contributed by atoms with Gasteiger partial charge in [0.05, 0.1) is 10.7 Å². The maximum Gasteiger partial charge on any atom is 0.180 e. The van der Waals surface area contributed by atoms with Gasteiger partial charge in [0.25, 0.3) is 0 Å². The molecule has 0 radical (unpaired) electrons. The van der Waals surface area contributed by atoms with Crippen LogP contribution >= 0.6 is 43.6 Å². The Morgan fingerprint density at radius 3 is 2.65 bits per heavy atom. The molecule has 0 spiro atoms. The lowest BCUT2D eigenvalue weighted by Crippen LogP contribution is -2.06. The molecule has 0 saturated carbocycles. The fraction of sp³-hybridized carbons (Fsp3) is 0.125. The van der Waals surface area contributed by atoms with Crippen molar-refractivity contribution in [2.75, 3.05) is 0 Å². The Morgan fingerprint density at radius 2 is 1.96 bits per heavy atom. The summed E-state index contributed by atoms with van der Waals surface area (Å²) < 4.78 is 14.4. The van der Waals surface area contributed by atoms with Gasteiger partial charge < -0.3 is 5.73 Å². The number of hydrogen-bond donors (Lipinski definition) is 1. The highest BCUT2D eigenvalue weighted by atomic mass is 79.9. The van der Waals surface area contributed by atoms with Crippen LogP contribution in [0.3, 0.4) is 0 Å². The topological polar surface area (TPSA) is 50.7 Å². The average Bonchev–Trinajstić information content (AvgIpc) is 2.57. The summed E-state index contributed by atoms with van der Waals surface area (Å²) in [5, 5.41) is 8.64. The quantitative estimate of drug-likeness (QED) is 0.294. The van der Waals surface area contributed by atoms with Crippen LogP contribution in [0, 0.1) is 5.82 Å². The SMILES string of the molecule is NC(=NN=Cc1ccc(Br)c(F)c1CBr)SCc1ccccc1. The molecule has 0 amide bonds. The first-order valence-electron chi connectivity index (χ1n) is 6.68. The van der Waals surface area contributed by atoms with E-state index in [1.54, 1.807) is 12.1 Å². The lowest BCUT2D eigenvalue weighted by molar-refractivity contribution is 0.610. The maximum absolute atomic E-state index is 14.0. The van der Waals surface area contributed by atoms with Crippen molar-refractivity contribution >= 4 is 55.0 Å². The fourth-order valence-corrected chi connectivity index (χ4v) is 3.33. The molecule has 0 aliphatic rings. The van der Waals surface area contributed by atoms with Crippen LogP contribution in [-0.4, -0.2) is 11.4 Å². The minimum absolute atomic E-state index is 0.304. The monoisotopic (exact) mass is 457 g/mol. The van der Waals surface area contributed by atoms with Gasteiger partial charge in [-0.2, -0.15) is 5.10 Å². The first-order chi connectivity index (χ1) is 11.1. The number of nitrogens with zero attached hydrogens (tertiary/aromatic N) is 2. The van der Waals surface area contributed by atoms with Gasteiger partial charge in [-0.25, -0.2) is 4.39 Å². The van der Waals surface area contributed by atoms with Gasteiger partial charge in [-0.05, 0) is 27.6 Å². The minimum atomic E-state index is -0.304. The van der Waals surface area contributed by atoms with Crippen molar-refractivity contribution in [3.63, 3.8) is 0 Å². The Hall–Kier alpha value is -1.18. The number of hydrogen-bond acceptors (Lipinski definition) is 3. The van der Waals surface area contributed by atoms with Crippen molar-refractivity contribution in [3.8, 4) is 0 Å². The summed E-state index contributed by atoms with van der Waals surface area (Å²) in [6, 6.07) is 13.4. The number of nitrogens with two attached hydrogens (primary N) is 1. The summed E-state index contributed by atoms with van der Waals surface area (Å²) in [7, 11) is 0. The lowest BCUT2D eigenvalue weighted by Gasteiger charge is -2.05. The van der Waals surface area contributed by atoms with Gasteiger partial charge in [-0.3, -0.25) is 0 Å². The molecule has 0 unspecified atom stereocenters. The second-order valence-electron chi connectivity index (χ2n) is 4.52. The Kier molecular flexibility index (Phi) is 7.26. The Balaban J connectivity index is 2.01. The van der Waals surface area contributed by atoms with E-state index in [9.17, 15) is 4.39 Å². The van der Waals surface area contributed by atoms with Gasteiger partial charge in [-0.15, -0.1) is 5.10 Å². The minimum Gasteiger partial charge on any atom is -0.377 e. The van der Waals surface area contributed by atoms with E-state index in [0.29, 0.717) is 26.1 Å². The predicted molar refractivity (Wildman–Crippen MR) is 104 cm³/mol. The van der Waals surface area contributed by atoms with E-state index in [1.807, 2.05) is 30.3 Å². The third kappa shape index (κ3) is 5.44. The van der Waals surface area contributed by atoms with E-state index in [-0.39, 0.29) is 5.82 Å². The molecular formula is C16H14Br2FN3S. The molecule has 23 heavy (non-hydrogen) atoms. The molecule has 0 bridgehead atoms. The van der Waals surface area contributed by atoms with Crippen LogP contribution in [0.4, 0.5) is 4.39 Å². The average molecular weight is 459 g/mol. The lowest BCUT2D eigenvalue weighted by atomic mass is 10.1. The number of rotatable bonds is 5. The third-order valence-electron chi connectivity index (χ3n) is 2.95. The van der Waals surface area contributed by atoms with Crippen molar-refractivity contribution in [3.05, 3.63) is 69.4 Å². The molecule has 0 aliphatic carbocycles. The second-order valence-corrected chi connectivity index (χ2v) is 6.93. The zero-order valence-electron chi connectivity index (χ0n) is 12.0. The fourth-order valence-electron chi connectivity index (χ4n) is 1.77. The molecule has 2 aromatic rings. The Bertz CT molecular complexity index is 721. The molecule has 2 N–H and O–H groups in total. The summed E-state index contributed by atoms with van der Waals surface area (Å²) in [4.78, 5) is 0. The molecule has 0 aliphatic heterocycles. The van der Waals surface area contributed by atoms with E-state index >= 15 is 0 Å². The van der Waals surface area contributed by atoms with E-state index in [4.69, 9.17) is 5.73 Å². The van der Waals surface area contributed by atoms with Crippen molar-refractivity contribution < 1.29 is 4.39 Å². The number of benzene rings is 2. The van der Waals surface area contributed by atoms with Crippen molar-refractivity contribution in [2.24, 2.45) is 15.9 Å². The van der Waals surface area contributed by atoms with Crippen LogP contribution in [0.5, 0.6) is 0 Å². The van der Waals surface area contributed by atoms with Gasteiger partial charge in [0.15, 0.2) is 5.17 Å². The smallest absolute Gasteiger partial charge is 0.180 e. The molecule has 2 aromatic carbocycles. The van der Waals surface area contributed by atoms with Gasteiger partial charge >= 0.3 is 0 Å². The van der Waals surface area contributed by atoms with Gasteiger partial charge in [-0.1, -0.05) is 64.1 Å². The van der Waals surface area contributed by atoms with Crippen LogP contribution < -0.4 is 5.73 Å². The second kappa shape index (κ2) is 9.20. The van der Waals surface area contributed by atoms with Crippen LogP contribution in [-0.2, 0) is 11.1 Å². The molecule has 2 rings (SSSR count). The number of alkyl halides is 1. The molecule has 0 saturated heterocycles. The summed E-state index contributed by atoms with van der Waals surface area (Å²) in [6.45, 7) is 0. The highest BCUT2D eigenvalue weighted by Crippen LogP contribution is 2.23. The maximum atomic E-state index is 14.0. The van der Waals surface area contributed by atoms with E-state index in [2.05, 4.69) is 42.1 Å². The number of amidine groups is 1. The number of thioether (sulfide) groups is 1. The highest BCUT2D eigenvalue weighted by molar-refractivity contribution is 9.10. The summed E-state index contributed by atoms with van der Waals surface area (Å²) in [5.41, 5.74) is 8.16. The van der Waals surface area contributed by atoms with Gasteiger partial charge in [0.1, 0.15) is 5.82 Å². The number of halogens is 3. The largest absolute Gasteiger partial charge is 0.377 e. The zero-order chi connectivity index (χ0) is 16.7. The molecule has 0 fully saturated rings. The van der Waals surface area contributed by atoms with Gasteiger partial charge in [0.2, 0.25) is 0 Å². The van der Waals surface area contributed by atoms with Crippen LogP contribution in [0.2, 0.25) is 0 Å². The molecule has 3 nitrogen and oxygen atoms in total. The van der Waals surface area contributed by atoms with Crippen LogP contribution in [0.1, 0.15) is 16.7 Å². The standard InChI is InChI=1S/C16H14Br2FN3S/c17-8-13-12(6-7-14(18)15(13)19)9-21-22-16(20)23-10-11-4-2-1-3-5-11/h1-7,9H,8,10H2,(H2,20,22). The highest BCUT2D eigenvalue weighted by Gasteiger charge is 2.09. The first kappa shape index (κ1) is 18.2. The third-order valence-corrected chi connectivity index (χ3v) is 4.98. The van der Waals surface area contributed by atoms with Crippen LogP contribution in [0.15, 0.2) is 57.1 Å². The predicted octanol–water partition coefficient (Wildman–Crippen LogP) is 5.07. The molecular weight excluding hydrogens is 445 g/mol. The molecule has 7 heteroatoms. The summed E-state index contributed by atoms with van der Waals surface area (Å²) in [6.07, 6.45) is 1.50. The van der Waals surface area contributed by atoms with Crippen molar-refractivity contribution in [2.45, 2.75) is 11.1 Å². The zero-order valence-corrected chi connectivity index (χ0v) is 16.0. The van der Waals surface area contributed by atoms with E-state index in [1.165, 1.54) is 18.0 Å². The van der Waals surface area contributed by atoms with E-state index in [0.717, 1.165) is 11.3 Å². The first-order valence-corrected chi connectivity index (χ1v) is 9.58. The molecule has 0 heterocycles. The van der Waals surface area contributed by atoms with Gasteiger partial charge in [0, 0.05) is 22.2 Å². The molecule has 120 valence electrons. The normalized spacial score (nSPS) is 12.0.